The van der Waals surface area contributed by atoms with Crippen LogP contribution in [0.1, 0.15) is 41.3 Å². The van der Waals surface area contributed by atoms with Crippen LogP contribution in [0.15, 0.2) is 42.6 Å². The molecule has 1 aromatic heterocycles. The third-order valence-electron chi connectivity index (χ3n) is 5.11. The van der Waals surface area contributed by atoms with Crippen LogP contribution in [-0.2, 0) is 11.0 Å². The number of carboxylic acid groups (broad SMARTS) is 1. The molecule has 0 spiro atoms. The number of rotatable bonds is 4. The van der Waals surface area contributed by atoms with Crippen LogP contribution in [0.3, 0.4) is 0 Å². The second-order valence-corrected chi connectivity index (χ2v) is 6.84. The summed E-state index contributed by atoms with van der Waals surface area (Å²) in [6.07, 6.45) is -2.08. The van der Waals surface area contributed by atoms with Gasteiger partial charge in [-0.3, -0.25) is 14.7 Å². The van der Waals surface area contributed by atoms with Crippen molar-refractivity contribution >= 4 is 5.97 Å². The normalized spacial score (nSPS) is 17.6. The maximum Gasteiger partial charge on any atom is 0.416 e. The van der Waals surface area contributed by atoms with Crippen molar-refractivity contribution < 1.29 is 23.1 Å². The minimum Gasteiger partial charge on any atom is -0.481 e. The number of alkyl halides is 3. The second-order valence-electron chi connectivity index (χ2n) is 6.84. The van der Waals surface area contributed by atoms with E-state index >= 15 is 0 Å². The zero-order valence-electron chi connectivity index (χ0n) is 14.9. The Hall–Kier alpha value is -2.41. The highest BCUT2D eigenvalue weighted by molar-refractivity contribution is 5.70. The van der Waals surface area contributed by atoms with Crippen molar-refractivity contribution in [2.75, 3.05) is 13.1 Å². The third kappa shape index (κ3) is 4.13. The summed E-state index contributed by atoms with van der Waals surface area (Å²) in [5, 5.41) is 9.21. The smallest absolute Gasteiger partial charge is 0.416 e. The van der Waals surface area contributed by atoms with Gasteiger partial charge in [0.25, 0.3) is 0 Å². The van der Waals surface area contributed by atoms with Crippen molar-refractivity contribution in [2.24, 2.45) is 5.92 Å². The standard InChI is InChI=1S/C20H21F3N2O2/c1-13-5-4-10-24-17(13)18(25-11-8-14(9-12-25)19(26)27)15-6-2-3-7-16(15)20(21,22)23/h2-7,10,14,18H,8-9,11-12H2,1H3,(H,26,27). The van der Waals surface area contributed by atoms with Gasteiger partial charge in [0.2, 0.25) is 0 Å². The van der Waals surface area contributed by atoms with Gasteiger partial charge < -0.3 is 5.11 Å². The van der Waals surface area contributed by atoms with Crippen LogP contribution in [0.2, 0.25) is 0 Å². The molecule has 3 rings (SSSR count). The monoisotopic (exact) mass is 378 g/mol. The van der Waals surface area contributed by atoms with Gasteiger partial charge in [0.1, 0.15) is 0 Å². The SMILES string of the molecule is Cc1cccnc1C(c1ccccc1C(F)(F)F)N1CCC(C(=O)O)CC1. The van der Waals surface area contributed by atoms with Gasteiger partial charge >= 0.3 is 12.1 Å². The quantitative estimate of drug-likeness (QED) is 0.862. The second kappa shape index (κ2) is 7.68. The van der Waals surface area contributed by atoms with Crippen LogP contribution in [-0.4, -0.2) is 34.0 Å². The summed E-state index contributed by atoms with van der Waals surface area (Å²) in [5.41, 5.74) is 0.851. The molecule has 7 heteroatoms. The van der Waals surface area contributed by atoms with E-state index in [4.69, 9.17) is 0 Å². The molecule has 1 fully saturated rings. The van der Waals surface area contributed by atoms with Crippen molar-refractivity contribution in [3.8, 4) is 0 Å². The number of aliphatic carboxylic acids is 1. The number of nitrogens with zero attached hydrogens (tertiary/aromatic N) is 2. The Morgan fingerprint density at radius 3 is 2.44 bits per heavy atom. The highest BCUT2D eigenvalue weighted by Gasteiger charge is 2.39. The zero-order valence-corrected chi connectivity index (χ0v) is 14.9. The Labute approximate surface area is 155 Å². The summed E-state index contributed by atoms with van der Waals surface area (Å²) in [6, 6.07) is 8.47. The molecule has 1 aliphatic rings. The van der Waals surface area contributed by atoms with Crippen molar-refractivity contribution in [1.29, 1.82) is 0 Å². The fourth-order valence-electron chi connectivity index (χ4n) is 3.70. The molecule has 1 atom stereocenters. The first-order chi connectivity index (χ1) is 12.8. The maximum atomic E-state index is 13.6. The molecule has 144 valence electrons. The van der Waals surface area contributed by atoms with Crippen LogP contribution in [0.5, 0.6) is 0 Å². The third-order valence-corrected chi connectivity index (χ3v) is 5.11. The van der Waals surface area contributed by atoms with Crippen molar-refractivity contribution in [2.45, 2.75) is 32.0 Å². The summed E-state index contributed by atoms with van der Waals surface area (Å²) >= 11 is 0. The largest absolute Gasteiger partial charge is 0.481 e. The topological polar surface area (TPSA) is 53.4 Å². The lowest BCUT2D eigenvalue weighted by Gasteiger charge is -2.37. The van der Waals surface area contributed by atoms with E-state index in [0.29, 0.717) is 31.6 Å². The summed E-state index contributed by atoms with van der Waals surface area (Å²) in [6.45, 7) is 2.64. The van der Waals surface area contributed by atoms with Gasteiger partial charge in [-0.2, -0.15) is 13.2 Å². The summed E-state index contributed by atoms with van der Waals surface area (Å²) in [5.74, 6) is -1.31. The molecule has 27 heavy (non-hydrogen) atoms. The Balaban J connectivity index is 2.06. The lowest BCUT2D eigenvalue weighted by Crippen LogP contribution is -2.40. The molecular weight excluding hydrogens is 357 g/mol. The van der Waals surface area contributed by atoms with Crippen LogP contribution in [0.25, 0.3) is 0 Å². The van der Waals surface area contributed by atoms with Gasteiger partial charge in [0.05, 0.1) is 23.2 Å². The van der Waals surface area contributed by atoms with Crippen molar-refractivity contribution in [3.63, 3.8) is 0 Å². The summed E-state index contributed by atoms with van der Waals surface area (Å²) < 4.78 is 40.9. The molecule has 1 aromatic carbocycles. The fourth-order valence-corrected chi connectivity index (χ4v) is 3.70. The number of hydrogen-bond donors (Lipinski definition) is 1. The number of aryl methyl sites for hydroxylation is 1. The molecule has 0 bridgehead atoms. The van der Waals surface area contributed by atoms with Gasteiger partial charge in [0, 0.05) is 6.20 Å². The molecule has 4 nitrogen and oxygen atoms in total. The molecule has 1 saturated heterocycles. The number of aromatic nitrogens is 1. The number of benzene rings is 1. The Morgan fingerprint density at radius 1 is 1.19 bits per heavy atom. The van der Waals surface area contributed by atoms with Gasteiger partial charge in [0.15, 0.2) is 0 Å². The van der Waals surface area contributed by atoms with E-state index in [9.17, 15) is 23.1 Å². The first-order valence-corrected chi connectivity index (χ1v) is 8.83. The number of halogens is 3. The van der Waals surface area contributed by atoms with Gasteiger partial charge in [-0.25, -0.2) is 0 Å². The molecular formula is C20H21F3N2O2. The minimum atomic E-state index is -4.48. The van der Waals surface area contributed by atoms with E-state index in [0.717, 1.165) is 11.6 Å². The Bertz CT molecular complexity index is 815. The molecule has 0 radical (unpaired) electrons. The van der Waals surface area contributed by atoms with E-state index in [2.05, 4.69) is 4.98 Å². The van der Waals surface area contributed by atoms with Crippen molar-refractivity contribution in [1.82, 2.24) is 9.88 Å². The Morgan fingerprint density at radius 2 is 1.85 bits per heavy atom. The number of piperidine rings is 1. The summed E-state index contributed by atoms with van der Waals surface area (Å²) in [7, 11) is 0. The van der Waals surface area contributed by atoms with Crippen LogP contribution >= 0.6 is 0 Å². The number of pyridine rings is 1. The molecule has 0 saturated carbocycles. The first kappa shape index (κ1) is 19.4. The Kier molecular flexibility index (Phi) is 5.51. The predicted molar refractivity (Wildman–Crippen MR) is 94.2 cm³/mol. The molecule has 1 N–H and O–H groups in total. The van der Waals surface area contributed by atoms with Crippen LogP contribution < -0.4 is 0 Å². The minimum absolute atomic E-state index is 0.153. The zero-order chi connectivity index (χ0) is 19.6. The summed E-state index contributed by atoms with van der Waals surface area (Å²) in [4.78, 5) is 17.5. The van der Waals surface area contributed by atoms with Gasteiger partial charge in [-0.15, -0.1) is 0 Å². The van der Waals surface area contributed by atoms with Gasteiger partial charge in [-0.1, -0.05) is 24.3 Å². The molecule has 1 aliphatic heterocycles. The number of hydrogen-bond acceptors (Lipinski definition) is 3. The van der Waals surface area contributed by atoms with E-state index in [-0.39, 0.29) is 5.56 Å². The average molecular weight is 378 g/mol. The molecule has 2 heterocycles. The van der Waals surface area contributed by atoms with Crippen LogP contribution in [0.4, 0.5) is 13.2 Å². The van der Waals surface area contributed by atoms with E-state index in [1.54, 1.807) is 18.3 Å². The lowest BCUT2D eigenvalue weighted by atomic mass is 9.90. The lowest BCUT2D eigenvalue weighted by molar-refractivity contribution is -0.143. The first-order valence-electron chi connectivity index (χ1n) is 8.83. The molecule has 0 amide bonds. The number of carboxylic acids is 1. The van der Waals surface area contributed by atoms with E-state index in [1.807, 2.05) is 17.9 Å². The van der Waals surface area contributed by atoms with Crippen molar-refractivity contribution in [3.05, 3.63) is 65.0 Å². The van der Waals surface area contributed by atoms with Gasteiger partial charge in [-0.05, 0) is 56.1 Å². The molecule has 1 unspecified atom stereocenters. The number of carbonyl (C=O) groups is 1. The van der Waals surface area contributed by atoms with Crippen LogP contribution in [0, 0.1) is 12.8 Å². The highest BCUT2D eigenvalue weighted by Crippen LogP contribution is 2.40. The van der Waals surface area contributed by atoms with E-state index in [1.165, 1.54) is 12.1 Å². The fraction of sp³-hybridized carbons (Fsp3) is 0.400. The maximum absolute atomic E-state index is 13.6. The number of likely N-dealkylation sites (tertiary alicyclic amines) is 1. The highest BCUT2D eigenvalue weighted by atomic mass is 19.4. The van der Waals surface area contributed by atoms with E-state index < -0.39 is 29.7 Å². The molecule has 2 aromatic rings. The molecule has 0 aliphatic carbocycles. The average Bonchev–Trinajstić information content (AvgIpc) is 2.63. The predicted octanol–water partition coefficient (Wildman–Crippen LogP) is 4.29.